The summed E-state index contributed by atoms with van der Waals surface area (Å²) in [5, 5.41) is 2.81. The number of pyridine rings is 1. The molecule has 0 saturated carbocycles. The molecule has 2 rings (SSSR count). The monoisotopic (exact) mass is 378 g/mol. The van der Waals surface area contributed by atoms with Crippen LogP contribution in [0.2, 0.25) is 0 Å². The lowest BCUT2D eigenvalue weighted by Gasteiger charge is -2.13. The van der Waals surface area contributed by atoms with Gasteiger partial charge in [0.2, 0.25) is 5.88 Å². The Morgan fingerprint density at radius 3 is 2.15 bits per heavy atom. The SMILES string of the molecule is COc1nc(-c2ccc(C(F)(F)F)cc2)ccc1NCCCC(F)(F)F. The molecule has 0 amide bonds. The molecule has 0 saturated heterocycles. The van der Waals surface area contributed by atoms with E-state index >= 15 is 0 Å². The molecule has 0 bridgehead atoms. The molecular formula is C17H16F6N2O. The van der Waals surface area contributed by atoms with Crippen molar-refractivity contribution in [3.8, 4) is 17.1 Å². The van der Waals surface area contributed by atoms with E-state index in [4.69, 9.17) is 4.74 Å². The van der Waals surface area contributed by atoms with E-state index in [0.717, 1.165) is 12.1 Å². The molecule has 0 fully saturated rings. The van der Waals surface area contributed by atoms with Gasteiger partial charge < -0.3 is 10.1 Å². The molecule has 0 aliphatic carbocycles. The first kappa shape index (κ1) is 19.9. The minimum absolute atomic E-state index is 0.0805. The maximum Gasteiger partial charge on any atom is 0.416 e. The number of nitrogens with zero attached hydrogens (tertiary/aromatic N) is 1. The highest BCUT2D eigenvalue weighted by Gasteiger charge is 2.30. The van der Waals surface area contributed by atoms with Crippen LogP contribution in [0.15, 0.2) is 36.4 Å². The normalized spacial score (nSPS) is 12.1. The molecule has 0 spiro atoms. The first-order chi connectivity index (χ1) is 12.1. The van der Waals surface area contributed by atoms with E-state index in [2.05, 4.69) is 10.3 Å². The Morgan fingerprint density at radius 2 is 1.62 bits per heavy atom. The van der Waals surface area contributed by atoms with Crippen LogP contribution in [0.5, 0.6) is 5.88 Å². The Morgan fingerprint density at radius 1 is 0.962 bits per heavy atom. The van der Waals surface area contributed by atoms with Gasteiger partial charge in [0.25, 0.3) is 0 Å². The van der Waals surface area contributed by atoms with Crippen molar-refractivity contribution in [2.75, 3.05) is 19.0 Å². The number of hydrogen-bond donors (Lipinski definition) is 1. The van der Waals surface area contributed by atoms with E-state index in [1.807, 2.05) is 0 Å². The van der Waals surface area contributed by atoms with Crippen molar-refractivity contribution in [2.45, 2.75) is 25.2 Å². The van der Waals surface area contributed by atoms with Crippen molar-refractivity contribution >= 4 is 5.69 Å². The zero-order valence-corrected chi connectivity index (χ0v) is 13.7. The van der Waals surface area contributed by atoms with Gasteiger partial charge >= 0.3 is 12.4 Å². The number of alkyl halides is 6. The quantitative estimate of drug-likeness (QED) is 0.530. The topological polar surface area (TPSA) is 34.1 Å². The van der Waals surface area contributed by atoms with Gasteiger partial charge in [0.15, 0.2) is 0 Å². The van der Waals surface area contributed by atoms with Crippen LogP contribution in [0.3, 0.4) is 0 Å². The van der Waals surface area contributed by atoms with Gasteiger partial charge in [-0.2, -0.15) is 26.3 Å². The molecule has 26 heavy (non-hydrogen) atoms. The highest BCUT2D eigenvalue weighted by Crippen LogP contribution is 2.32. The Hall–Kier alpha value is -2.45. The van der Waals surface area contributed by atoms with Crippen LogP contribution in [-0.4, -0.2) is 24.8 Å². The zero-order chi connectivity index (χ0) is 19.4. The van der Waals surface area contributed by atoms with Crippen molar-refractivity contribution in [1.82, 2.24) is 4.98 Å². The number of ether oxygens (including phenoxy) is 1. The molecule has 1 heterocycles. The van der Waals surface area contributed by atoms with E-state index < -0.39 is 24.3 Å². The fraction of sp³-hybridized carbons (Fsp3) is 0.353. The fourth-order valence-corrected chi connectivity index (χ4v) is 2.23. The Kier molecular flexibility index (Phi) is 5.99. The predicted molar refractivity (Wildman–Crippen MR) is 85.0 cm³/mol. The van der Waals surface area contributed by atoms with Crippen molar-refractivity contribution in [2.24, 2.45) is 0 Å². The number of benzene rings is 1. The zero-order valence-electron chi connectivity index (χ0n) is 13.7. The van der Waals surface area contributed by atoms with Crippen LogP contribution in [0.1, 0.15) is 18.4 Å². The van der Waals surface area contributed by atoms with Gasteiger partial charge in [0.05, 0.1) is 24.1 Å². The second kappa shape index (κ2) is 7.84. The molecule has 0 aliphatic heterocycles. The summed E-state index contributed by atoms with van der Waals surface area (Å²) >= 11 is 0. The summed E-state index contributed by atoms with van der Waals surface area (Å²) in [7, 11) is 1.35. The third kappa shape index (κ3) is 5.53. The number of rotatable bonds is 6. The molecular weight excluding hydrogens is 362 g/mol. The molecule has 3 nitrogen and oxygen atoms in total. The average Bonchev–Trinajstić information content (AvgIpc) is 2.57. The molecule has 0 unspecified atom stereocenters. The number of halogens is 6. The predicted octanol–water partition coefficient (Wildman–Crippen LogP) is 5.53. The fourth-order valence-electron chi connectivity index (χ4n) is 2.23. The highest BCUT2D eigenvalue weighted by atomic mass is 19.4. The summed E-state index contributed by atoms with van der Waals surface area (Å²) in [6.07, 6.45) is -9.64. The molecule has 0 aliphatic rings. The van der Waals surface area contributed by atoms with Gasteiger partial charge in [0.1, 0.15) is 0 Å². The van der Waals surface area contributed by atoms with Gasteiger partial charge in [-0.05, 0) is 30.7 Å². The van der Waals surface area contributed by atoms with E-state index in [1.165, 1.54) is 19.2 Å². The average molecular weight is 378 g/mol. The highest BCUT2D eigenvalue weighted by molar-refractivity contribution is 5.65. The third-order valence-electron chi connectivity index (χ3n) is 3.51. The van der Waals surface area contributed by atoms with Crippen LogP contribution in [0, 0.1) is 0 Å². The number of hydrogen-bond acceptors (Lipinski definition) is 3. The molecule has 2 aromatic rings. The molecule has 9 heteroatoms. The van der Waals surface area contributed by atoms with E-state index in [-0.39, 0.29) is 18.8 Å². The van der Waals surface area contributed by atoms with Gasteiger partial charge in [0, 0.05) is 18.5 Å². The lowest BCUT2D eigenvalue weighted by atomic mass is 10.1. The number of anilines is 1. The Labute approximate surface area is 146 Å². The lowest BCUT2D eigenvalue weighted by molar-refractivity contribution is -0.137. The van der Waals surface area contributed by atoms with Crippen LogP contribution < -0.4 is 10.1 Å². The number of aromatic nitrogens is 1. The van der Waals surface area contributed by atoms with Crippen LogP contribution in [0.25, 0.3) is 11.3 Å². The molecule has 0 atom stereocenters. The summed E-state index contributed by atoms with van der Waals surface area (Å²) in [6.45, 7) is 0.0805. The Bertz CT molecular complexity index is 726. The summed E-state index contributed by atoms with van der Waals surface area (Å²) in [5.41, 5.74) is 0.484. The van der Waals surface area contributed by atoms with Crippen molar-refractivity contribution in [3.05, 3.63) is 42.0 Å². The van der Waals surface area contributed by atoms with Gasteiger partial charge in [-0.3, -0.25) is 0 Å². The van der Waals surface area contributed by atoms with Crippen molar-refractivity contribution in [3.63, 3.8) is 0 Å². The summed E-state index contributed by atoms with van der Waals surface area (Å²) in [4.78, 5) is 4.19. The summed E-state index contributed by atoms with van der Waals surface area (Å²) in [6, 6.07) is 7.60. The minimum Gasteiger partial charge on any atom is -0.480 e. The third-order valence-corrected chi connectivity index (χ3v) is 3.51. The molecule has 0 radical (unpaired) electrons. The first-order valence-electron chi connectivity index (χ1n) is 7.63. The smallest absolute Gasteiger partial charge is 0.416 e. The Balaban J connectivity index is 2.10. The summed E-state index contributed by atoms with van der Waals surface area (Å²) in [5.74, 6) is 0.148. The van der Waals surface area contributed by atoms with E-state index in [1.54, 1.807) is 12.1 Å². The molecule has 1 N–H and O–H groups in total. The standard InChI is InChI=1S/C17H16F6N2O/c1-26-15-14(24-10-2-9-16(18,19)20)8-7-13(25-15)11-3-5-12(6-4-11)17(21,22)23/h3-8,24H,2,9-10H2,1H3. The lowest BCUT2D eigenvalue weighted by Crippen LogP contribution is -2.11. The second-order valence-corrected chi connectivity index (χ2v) is 5.47. The first-order valence-corrected chi connectivity index (χ1v) is 7.63. The van der Waals surface area contributed by atoms with E-state index in [0.29, 0.717) is 16.9 Å². The number of nitrogens with one attached hydrogen (secondary N) is 1. The largest absolute Gasteiger partial charge is 0.480 e. The summed E-state index contributed by atoms with van der Waals surface area (Å²) < 4.78 is 79.3. The van der Waals surface area contributed by atoms with Crippen molar-refractivity contribution in [1.29, 1.82) is 0 Å². The number of methoxy groups -OCH3 is 1. The minimum atomic E-state index is -4.42. The molecule has 1 aromatic carbocycles. The van der Waals surface area contributed by atoms with Crippen molar-refractivity contribution < 1.29 is 31.1 Å². The van der Waals surface area contributed by atoms with Crippen LogP contribution >= 0.6 is 0 Å². The van der Waals surface area contributed by atoms with Gasteiger partial charge in [-0.25, -0.2) is 4.98 Å². The van der Waals surface area contributed by atoms with Gasteiger partial charge in [-0.15, -0.1) is 0 Å². The second-order valence-electron chi connectivity index (χ2n) is 5.47. The van der Waals surface area contributed by atoms with E-state index in [9.17, 15) is 26.3 Å². The maximum absolute atomic E-state index is 12.6. The molecule has 1 aromatic heterocycles. The van der Waals surface area contributed by atoms with Gasteiger partial charge in [-0.1, -0.05) is 12.1 Å². The van der Waals surface area contributed by atoms with Crippen LogP contribution in [-0.2, 0) is 6.18 Å². The van der Waals surface area contributed by atoms with Crippen LogP contribution in [0.4, 0.5) is 32.0 Å². The maximum atomic E-state index is 12.6. The molecule has 142 valence electrons.